The average Bonchev–Trinajstić information content (AvgIpc) is 3.19. The molecule has 0 spiro atoms. The van der Waals surface area contributed by atoms with Crippen LogP contribution in [-0.4, -0.2) is 52.4 Å². The molecule has 2 aromatic rings. The number of carbonyl (C=O) groups is 3. The van der Waals surface area contributed by atoms with Gasteiger partial charge in [0.2, 0.25) is 0 Å². The Labute approximate surface area is 180 Å². The Kier molecular flexibility index (Phi) is 6.59. The van der Waals surface area contributed by atoms with Gasteiger partial charge in [0.25, 0.3) is 0 Å². The lowest BCUT2D eigenvalue weighted by Gasteiger charge is -2.33. The van der Waals surface area contributed by atoms with E-state index >= 15 is 0 Å². The van der Waals surface area contributed by atoms with Crippen molar-refractivity contribution in [1.82, 2.24) is 0 Å². The number of anilines is 1. The molecular formula is C23H23NO7. The number of hydrogen-bond donors (Lipinski definition) is 0. The first-order valence-corrected chi connectivity index (χ1v) is 9.44. The van der Waals surface area contributed by atoms with Gasteiger partial charge < -0.3 is 23.8 Å². The second-order valence-corrected chi connectivity index (χ2v) is 6.65. The molecule has 1 heterocycles. The summed E-state index contributed by atoms with van der Waals surface area (Å²) in [7, 11) is 5.17. The molecule has 1 aliphatic heterocycles. The predicted octanol–water partition coefficient (Wildman–Crippen LogP) is 2.44. The third-order valence-electron chi connectivity index (χ3n) is 5.11. The molecule has 0 unspecified atom stereocenters. The molecule has 0 N–H and O–H groups in total. The molecule has 0 radical (unpaired) electrons. The first-order chi connectivity index (χ1) is 15.0. The molecule has 0 fully saturated rings. The lowest BCUT2D eigenvalue weighted by Crippen LogP contribution is -2.42. The number of para-hydroxylation sites is 1. The van der Waals surface area contributed by atoms with Crippen molar-refractivity contribution in [3.63, 3.8) is 0 Å². The summed E-state index contributed by atoms with van der Waals surface area (Å²) in [6.07, 6.45) is 0. The van der Waals surface area contributed by atoms with Gasteiger partial charge in [-0.3, -0.25) is 0 Å². The summed E-state index contributed by atoms with van der Waals surface area (Å²) in [6.45, 7) is 0. The van der Waals surface area contributed by atoms with Crippen LogP contribution in [0.25, 0.3) is 0 Å². The minimum Gasteiger partial charge on any atom is -0.497 e. The van der Waals surface area contributed by atoms with Gasteiger partial charge in [-0.25, -0.2) is 14.4 Å². The van der Waals surface area contributed by atoms with Gasteiger partial charge in [0.15, 0.2) is 6.04 Å². The lowest BCUT2D eigenvalue weighted by atomic mass is 9.96. The number of rotatable bonds is 6. The first kappa shape index (κ1) is 21.9. The molecule has 8 nitrogen and oxygen atoms in total. The predicted molar refractivity (Wildman–Crippen MR) is 112 cm³/mol. The summed E-state index contributed by atoms with van der Waals surface area (Å²) in [6, 6.07) is 13.9. The maximum absolute atomic E-state index is 12.9. The zero-order valence-electron chi connectivity index (χ0n) is 17.7. The van der Waals surface area contributed by atoms with Gasteiger partial charge in [-0.05, 0) is 29.8 Å². The molecule has 0 bridgehead atoms. The molecule has 31 heavy (non-hydrogen) atoms. The minimum atomic E-state index is -1.21. The number of ether oxygens (including phenoxy) is 4. The van der Waals surface area contributed by atoms with Crippen LogP contribution < -0.4 is 9.64 Å². The summed E-state index contributed by atoms with van der Waals surface area (Å²) in [5.41, 5.74) is 1.15. The highest BCUT2D eigenvalue weighted by atomic mass is 16.5. The molecular weight excluding hydrogens is 402 g/mol. The average molecular weight is 425 g/mol. The number of nitrogens with zero attached hydrogens (tertiary/aromatic N) is 1. The van der Waals surface area contributed by atoms with Gasteiger partial charge in [0, 0.05) is 5.69 Å². The van der Waals surface area contributed by atoms with Crippen LogP contribution in [-0.2, 0) is 28.6 Å². The third kappa shape index (κ3) is 3.96. The molecule has 1 aliphatic rings. The highest BCUT2D eigenvalue weighted by molar-refractivity contribution is 6.10. The SMILES string of the molecule is COC(=O)C1=C(C(=O)OC)[C@H](c2ccc(OC)cc2)N(c2ccccc2)[C@H]1C(=O)OC. The van der Waals surface area contributed by atoms with Gasteiger partial charge >= 0.3 is 17.9 Å². The van der Waals surface area contributed by atoms with Crippen molar-refractivity contribution in [1.29, 1.82) is 0 Å². The molecule has 0 aromatic heterocycles. The second-order valence-electron chi connectivity index (χ2n) is 6.65. The minimum absolute atomic E-state index is 0.0127. The second kappa shape index (κ2) is 9.34. The molecule has 0 amide bonds. The zero-order valence-corrected chi connectivity index (χ0v) is 17.7. The fourth-order valence-electron chi connectivity index (χ4n) is 3.74. The number of benzene rings is 2. The monoisotopic (exact) mass is 425 g/mol. The molecule has 162 valence electrons. The normalized spacial score (nSPS) is 17.9. The van der Waals surface area contributed by atoms with Crippen LogP contribution in [0.3, 0.4) is 0 Å². The largest absolute Gasteiger partial charge is 0.497 e. The number of methoxy groups -OCH3 is 4. The summed E-state index contributed by atoms with van der Waals surface area (Å²) in [5, 5.41) is 0. The van der Waals surface area contributed by atoms with E-state index in [9.17, 15) is 14.4 Å². The molecule has 3 rings (SSSR count). The maximum atomic E-state index is 12.9. The van der Waals surface area contributed by atoms with Crippen LogP contribution in [0, 0.1) is 0 Å². The van der Waals surface area contributed by atoms with Crippen molar-refractivity contribution in [3.05, 3.63) is 71.3 Å². The highest BCUT2D eigenvalue weighted by Crippen LogP contribution is 2.45. The van der Waals surface area contributed by atoms with Crippen molar-refractivity contribution in [2.45, 2.75) is 12.1 Å². The Morgan fingerprint density at radius 1 is 0.742 bits per heavy atom. The van der Waals surface area contributed by atoms with Crippen LogP contribution in [0.2, 0.25) is 0 Å². The summed E-state index contributed by atoms with van der Waals surface area (Å²) in [5.74, 6) is -1.64. The Hall–Kier alpha value is -3.81. The van der Waals surface area contributed by atoms with E-state index in [0.29, 0.717) is 17.0 Å². The number of esters is 3. The van der Waals surface area contributed by atoms with Crippen LogP contribution in [0.1, 0.15) is 11.6 Å². The molecule has 0 saturated heterocycles. The van der Waals surface area contributed by atoms with Crippen LogP contribution >= 0.6 is 0 Å². The summed E-state index contributed by atoms with van der Waals surface area (Å²) >= 11 is 0. The van der Waals surface area contributed by atoms with Crippen molar-refractivity contribution in [3.8, 4) is 5.75 Å². The lowest BCUT2D eigenvalue weighted by molar-refractivity contribution is -0.144. The molecule has 8 heteroatoms. The standard InChI is InChI=1S/C23H23NO7/c1-28-16-12-10-14(11-13-16)19-17(21(25)29-2)18(22(26)30-3)20(23(27)31-4)24(19)15-8-6-5-7-9-15/h5-13,19-20H,1-4H3/t19-,20+/m0/s1. The molecule has 2 atom stereocenters. The zero-order chi connectivity index (χ0) is 22.5. The van der Waals surface area contributed by atoms with Crippen molar-refractivity contribution in [2.75, 3.05) is 33.3 Å². The Bertz CT molecular complexity index is 998. The Balaban J connectivity index is 2.33. The van der Waals surface area contributed by atoms with E-state index < -0.39 is 30.0 Å². The molecule has 0 aliphatic carbocycles. The third-order valence-corrected chi connectivity index (χ3v) is 5.11. The summed E-state index contributed by atoms with van der Waals surface area (Å²) < 4.78 is 20.1. The van der Waals surface area contributed by atoms with Crippen LogP contribution in [0.5, 0.6) is 5.75 Å². The van der Waals surface area contributed by atoms with E-state index in [0.717, 1.165) is 0 Å². The van der Waals surface area contributed by atoms with Gasteiger partial charge in [-0.2, -0.15) is 0 Å². The van der Waals surface area contributed by atoms with Crippen LogP contribution in [0.15, 0.2) is 65.7 Å². The van der Waals surface area contributed by atoms with E-state index in [1.54, 1.807) is 60.5 Å². The summed E-state index contributed by atoms with van der Waals surface area (Å²) in [4.78, 5) is 40.2. The van der Waals surface area contributed by atoms with Gasteiger partial charge in [0.1, 0.15) is 5.75 Å². The Morgan fingerprint density at radius 3 is 1.84 bits per heavy atom. The number of hydrogen-bond acceptors (Lipinski definition) is 8. The van der Waals surface area contributed by atoms with Gasteiger partial charge in [0.05, 0.1) is 45.6 Å². The van der Waals surface area contributed by atoms with E-state index in [1.807, 2.05) is 6.07 Å². The van der Waals surface area contributed by atoms with E-state index in [4.69, 9.17) is 18.9 Å². The molecule has 0 saturated carbocycles. The van der Waals surface area contributed by atoms with Gasteiger partial charge in [-0.15, -0.1) is 0 Å². The van der Waals surface area contributed by atoms with Crippen molar-refractivity contribution >= 4 is 23.6 Å². The molecule has 2 aromatic carbocycles. The quantitative estimate of drug-likeness (QED) is 0.515. The Morgan fingerprint density at radius 2 is 1.32 bits per heavy atom. The highest BCUT2D eigenvalue weighted by Gasteiger charge is 2.51. The van der Waals surface area contributed by atoms with E-state index in [1.165, 1.54) is 21.3 Å². The topological polar surface area (TPSA) is 91.4 Å². The van der Waals surface area contributed by atoms with Crippen LogP contribution in [0.4, 0.5) is 5.69 Å². The van der Waals surface area contributed by atoms with Gasteiger partial charge in [-0.1, -0.05) is 30.3 Å². The first-order valence-electron chi connectivity index (χ1n) is 9.44. The number of carbonyl (C=O) groups excluding carboxylic acids is 3. The van der Waals surface area contributed by atoms with E-state index in [2.05, 4.69) is 0 Å². The van der Waals surface area contributed by atoms with Crippen molar-refractivity contribution < 1.29 is 33.3 Å². The smallest absolute Gasteiger partial charge is 0.337 e. The fraction of sp³-hybridized carbons (Fsp3) is 0.261. The fourth-order valence-corrected chi connectivity index (χ4v) is 3.74. The van der Waals surface area contributed by atoms with Crippen molar-refractivity contribution in [2.24, 2.45) is 0 Å². The maximum Gasteiger partial charge on any atom is 0.337 e. The van der Waals surface area contributed by atoms with E-state index in [-0.39, 0.29) is 11.1 Å².